The topological polar surface area (TPSA) is 61.6 Å². The molecule has 0 aliphatic heterocycles. The second-order valence-corrected chi connectivity index (χ2v) is 5.36. The zero-order valence-electron chi connectivity index (χ0n) is 10.9. The summed E-state index contributed by atoms with van der Waals surface area (Å²) in [5.74, 6) is 0.843. The van der Waals surface area contributed by atoms with Gasteiger partial charge in [-0.05, 0) is 35.6 Å². The Hall–Kier alpha value is -2.45. The van der Waals surface area contributed by atoms with Gasteiger partial charge in [0.05, 0.1) is 21.8 Å². The Morgan fingerprint density at radius 2 is 2.25 bits per heavy atom. The van der Waals surface area contributed by atoms with E-state index in [-0.39, 0.29) is 0 Å². The van der Waals surface area contributed by atoms with E-state index < -0.39 is 0 Å². The summed E-state index contributed by atoms with van der Waals surface area (Å²) >= 11 is 1.64. The summed E-state index contributed by atoms with van der Waals surface area (Å²) in [4.78, 5) is 8.60. The third kappa shape index (κ3) is 2.33. The average molecular weight is 280 g/mol. The molecule has 5 heteroatoms. The molecule has 4 nitrogen and oxygen atoms in total. The number of nitrogens with zero attached hydrogens (tertiary/aromatic N) is 3. The van der Waals surface area contributed by atoms with Crippen LogP contribution in [0.25, 0.3) is 10.2 Å². The fourth-order valence-corrected chi connectivity index (χ4v) is 3.00. The summed E-state index contributed by atoms with van der Waals surface area (Å²) in [6.45, 7) is 2.69. The number of hydrogen-bond donors (Lipinski definition) is 1. The number of aromatic nitrogens is 2. The van der Waals surface area contributed by atoms with Crippen LogP contribution in [0.3, 0.4) is 0 Å². The molecule has 0 aliphatic rings. The van der Waals surface area contributed by atoms with Gasteiger partial charge in [0.15, 0.2) is 0 Å². The van der Waals surface area contributed by atoms with E-state index in [0.29, 0.717) is 12.1 Å². The summed E-state index contributed by atoms with van der Waals surface area (Å²) in [5.41, 5.74) is 3.90. The van der Waals surface area contributed by atoms with Gasteiger partial charge < -0.3 is 5.32 Å². The Morgan fingerprint density at radius 1 is 1.35 bits per heavy atom. The number of benzene rings is 1. The van der Waals surface area contributed by atoms with E-state index in [9.17, 15) is 0 Å². The van der Waals surface area contributed by atoms with Crippen LogP contribution in [0.2, 0.25) is 0 Å². The minimum atomic E-state index is 0.637. The van der Waals surface area contributed by atoms with Crippen molar-refractivity contribution in [3.05, 3.63) is 52.7 Å². The van der Waals surface area contributed by atoms with Crippen molar-refractivity contribution in [3.63, 3.8) is 0 Å². The minimum absolute atomic E-state index is 0.637. The average Bonchev–Trinajstić information content (AvgIpc) is 2.88. The lowest BCUT2D eigenvalue weighted by Gasteiger charge is -2.06. The van der Waals surface area contributed by atoms with Gasteiger partial charge in [-0.25, -0.2) is 9.97 Å². The molecule has 1 aromatic carbocycles. The molecule has 1 N–H and O–H groups in total. The van der Waals surface area contributed by atoms with Gasteiger partial charge in [0.1, 0.15) is 12.1 Å². The number of hydrogen-bond acceptors (Lipinski definition) is 5. The van der Waals surface area contributed by atoms with Crippen molar-refractivity contribution in [1.29, 1.82) is 5.26 Å². The molecule has 0 fully saturated rings. The molecule has 0 atom stereocenters. The molecule has 0 saturated carbocycles. The van der Waals surface area contributed by atoms with Crippen LogP contribution >= 0.6 is 11.3 Å². The Morgan fingerprint density at radius 3 is 3.10 bits per heavy atom. The molecule has 0 amide bonds. The van der Waals surface area contributed by atoms with E-state index in [1.54, 1.807) is 23.7 Å². The van der Waals surface area contributed by atoms with Crippen molar-refractivity contribution in [3.8, 4) is 6.07 Å². The number of nitriles is 1. The smallest absolute Gasteiger partial charge is 0.147 e. The molecule has 0 aliphatic carbocycles. The molecular formula is C15H12N4S. The zero-order valence-corrected chi connectivity index (χ0v) is 11.7. The predicted molar refractivity (Wildman–Crippen MR) is 80.6 cm³/mol. The van der Waals surface area contributed by atoms with Crippen molar-refractivity contribution in [2.75, 3.05) is 5.32 Å². The van der Waals surface area contributed by atoms with E-state index in [2.05, 4.69) is 26.7 Å². The summed E-state index contributed by atoms with van der Waals surface area (Å²) < 4.78 is 1.07. The lowest BCUT2D eigenvalue weighted by Crippen LogP contribution is -2.02. The third-order valence-corrected chi connectivity index (χ3v) is 4.14. The van der Waals surface area contributed by atoms with E-state index in [1.807, 2.05) is 25.1 Å². The molecule has 0 saturated heterocycles. The summed E-state index contributed by atoms with van der Waals surface area (Å²) in [5, 5.41) is 14.3. The fourth-order valence-electron chi connectivity index (χ4n) is 2.03. The van der Waals surface area contributed by atoms with Crippen molar-refractivity contribution in [2.24, 2.45) is 0 Å². The second-order valence-electron chi connectivity index (χ2n) is 4.48. The van der Waals surface area contributed by atoms with Gasteiger partial charge in [-0.1, -0.05) is 12.1 Å². The molecular weight excluding hydrogens is 268 g/mol. The molecule has 0 radical (unpaired) electrons. The highest BCUT2D eigenvalue weighted by Gasteiger charge is 2.07. The van der Waals surface area contributed by atoms with Gasteiger partial charge in [0, 0.05) is 6.54 Å². The number of fused-ring (bicyclic) bond motifs is 1. The lowest BCUT2D eigenvalue weighted by atomic mass is 10.1. The number of rotatable bonds is 3. The first-order chi connectivity index (χ1) is 9.78. The first kappa shape index (κ1) is 12.6. The number of thiophene rings is 1. The number of nitrogens with one attached hydrogen (secondary N) is 1. The van der Waals surface area contributed by atoms with Crippen LogP contribution in [-0.4, -0.2) is 9.97 Å². The molecule has 0 unspecified atom stereocenters. The Bertz CT molecular complexity index is 801. The van der Waals surface area contributed by atoms with Gasteiger partial charge >= 0.3 is 0 Å². The standard InChI is InChI=1S/C15H12N4S/c1-10-8-20-14-13(10)18-9-19-15(14)17-7-12-4-2-3-11(5-12)6-16/h2-5,8-9H,7H2,1H3,(H,17,18,19). The highest BCUT2D eigenvalue weighted by Crippen LogP contribution is 2.28. The second kappa shape index (κ2) is 5.27. The molecule has 3 rings (SSSR count). The van der Waals surface area contributed by atoms with E-state index >= 15 is 0 Å². The van der Waals surface area contributed by atoms with Crippen molar-refractivity contribution in [2.45, 2.75) is 13.5 Å². The maximum atomic E-state index is 8.90. The first-order valence-corrected chi connectivity index (χ1v) is 7.07. The summed E-state index contributed by atoms with van der Waals surface area (Å²) in [6.07, 6.45) is 1.58. The minimum Gasteiger partial charge on any atom is -0.365 e. The molecule has 2 heterocycles. The van der Waals surface area contributed by atoms with Gasteiger partial charge in [-0.3, -0.25) is 0 Å². The summed E-state index contributed by atoms with van der Waals surface area (Å²) in [6, 6.07) is 9.71. The van der Waals surface area contributed by atoms with E-state index in [1.165, 1.54) is 5.56 Å². The highest BCUT2D eigenvalue weighted by molar-refractivity contribution is 7.18. The number of anilines is 1. The zero-order chi connectivity index (χ0) is 13.9. The number of aryl methyl sites for hydroxylation is 1. The van der Waals surface area contributed by atoms with Crippen LogP contribution in [0.4, 0.5) is 5.82 Å². The molecule has 98 valence electrons. The van der Waals surface area contributed by atoms with Crippen LogP contribution in [0.5, 0.6) is 0 Å². The van der Waals surface area contributed by atoms with Crippen LogP contribution in [-0.2, 0) is 6.54 Å². The van der Waals surface area contributed by atoms with Crippen LogP contribution in [0, 0.1) is 18.3 Å². The normalized spacial score (nSPS) is 10.4. The molecule has 0 spiro atoms. The van der Waals surface area contributed by atoms with Gasteiger partial charge in [-0.15, -0.1) is 11.3 Å². The van der Waals surface area contributed by atoms with Crippen LogP contribution < -0.4 is 5.32 Å². The fraction of sp³-hybridized carbons (Fsp3) is 0.133. The van der Waals surface area contributed by atoms with Crippen molar-refractivity contribution in [1.82, 2.24) is 9.97 Å². The predicted octanol–water partition coefficient (Wildman–Crippen LogP) is 3.48. The van der Waals surface area contributed by atoms with Crippen molar-refractivity contribution >= 4 is 27.4 Å². The monoisotopic (exact) mass is 280 g/mol. The first-order valence-electron chi connectivity index (χ1n) is 6.19. The molecule has 3 aromatic rings. The molecule has 2 aromatic heterocycles. The quantitative estimate of drug-likeness (QED) is 0.797. The van der Waals surface area contributed by atoms with Gasteiger partial charge in [0.25, 0.3) is 0 Å². The Kier molecular flexibility index (Phi) is 3.32. The van der Waals surface area contributed by atoms with Gasteiger partial charge in [-0.2, -0.15) is 5.26 Å². The lowest BCUT2D eigenvalue weighted by molar-refractivity contribution is 1.10. The van der Waals surface area contributed by atoms with E-state index in [0.717, 1.165) is 21.6 Å². The maximum Gasteiger partial charge on any atom is 0.147 e. The Balaban J connectivity index is 1.85. The SMILES string of the molecule is Cc1csc2c(NCc3cccc(C#N)c3)ncnc12. The summed E-state index contributed by atoms with van der Waals surface area (Å²) in [7, 11) is 0. The Labute approximate surface area is 120 Å². The van der Waals surface area contributed by atoms with Crippen LogP contribution in [0.15, 0.2) is 36.0 Å². The third-order valence-electron chi connectivity index (χ3n) is 3.05. The molecule has 20 heavy (non-hydrogen) atoms. The maximum absolute atomic E-state index is 8.90. The van der Waals surface area contributed by atoms with Crippen LogP contribution in [0.1, 0.15) is 16.7 Å². The van der Waals surface area contributed by atoms with E-state index in [4.69, 9.17) is 5.26 Å². The van der Waals surface area contributed by atoms with Crippen molar-refractivity contribution < 1.29 is 0 Å². The largest absolute Gasteiger partial charge is 0.365 e. The molecule has 0 bridgehead atoms. The highest BCUT2D eigenvalue weighted by atomic mass is 32.1. The van der Waals surface area contributed by atoms with Gasteiger partial charge in [0.2, 0.25) is 0 Å².